The van der Waals surface area contributed by atoms with Gasteiger partial charge in [-0.05, 0) is 12.5 Å². The zero-order valence-electron chi connectivity index (χ0n) is 6.22. The second kappa shape index (κ2) is 3.09. The number of carboxylic acid groups (broad SMARTS) is 1. The number of rotatable bonds is 2. The highest BCUT2D eigenvalue weighted by Crippen LogP contribution is 2.08. The fraction of sp³-hybridized carbons (Fsp3) is 0.286. The maximum Gasteiger partial charge on any atom is 0.337 e. The van der Waals surface area contributed by atoms with Crippen molar-refractivity contribution in [2.45, 2.75) is 13.3 Å². The van der Waals surface area contributed by atoms with Gasteiger partial charge in [-0.1, -0.05) is 6.92 Å². The molecule has 0 fully saturated rings. The molecule has 11 heavy (non-hydrogen) atoms. The van der Waals surface area contributed by atoms with E-state index >= 15 is 0 Å². The maximum atomic E-state index is 10.5. The van der Waals surface area contributed by atoms with Crippen molar-refractivity contribution >= 4 is 5.97 Å². The van der Waals surface area contributed by atoms with Crippen LogP contribution in [0.4, 0.5) is 0 Å². The van der Waals surface area contributed by atoms with Crippen LogP contribution in [-0.4, -0.2) is 11.1 Å². The molecule has 4 heteroatoms. The van der Waals surface area contributed by atoms with Crippen LogP contribution >= 0.6 is 0 Å². The Labute approximate surface area is 64.6 Å². The zero-order valence-corrected chi connectivity index (χ0v) is 6.22. The topological polar surface area (TPSA) is 61.4 Å². The van der Waals surface area contributed by atoms with E-state index in [4.69, 9.17) is 5.11 Å². The largest absolute Gasteiger partial charge is 0.478 e. The molecular weight excluding hydrogens is 144 g/mol. The van der Waals surface area contributed by atoms with Gasteiger partial charge >= 0.3 is 5.97 Å². The molecule has 1 aliphatic rings. The molecule has 1 heterocycles. The van der Waals surface area contributed by atoms with Gasteiger partial charge < -0.3 is 16.0 Å². The monoisotopic (exact) mass is 154 g/mol. The van der Waals surface area contributed by atoms with Crippen molar-refractivity contribution in [3.8, 4) is 0 Å². The van der Waals surface area contributed by atoms with E-state index in [1.54, 1.807) is 6.20 Å². The Kier molecular flexibility index (Phi) is 2.15. The van der Waals surface area contributed by atoms with Crippen molar-refractivity contribution in [3.63, 3.8) is 0 Å². The minimum absolute atomic E-state index is 0.325. The van der Waals surface area contributed by atoms with E-state index in [1.807, 2.05) is 6.92 Å². The van der Waals surface area contributed by atoms with Crippen LogP contribution in [0.25, 0.3) is 0 Å². The van der Waals surface area contributed by atoms with Gasteiger partial charge in [0.1, 0.15) is 0 Å². The first kappa shape index (κ1) is 7.65. The van der Waals surface area contributed by atoms with Crippen LogP contribution in [0.3, 0.4) is 0 Å². The summed E-state index contributed by atoms with van der Waals surface area (Å²) in [7, 11) is 0. The van der Waals surface area contributed by atoms with Gasteiger partial charge in [0.05, 0.1) is 5.57 Å². The van der Waals surface area contributed by atoms with E-state index in [0.717, 1.165) is 0 Å². The van der Waals surface area contributed by atoms with E-state index in [1.165, 1.54) is 6.08 Å². The van der Waals surface area contributed by atoms with Crippen LogP contribution in [0.15, 0.2) is 23.5 Å². The minimum Gasteiger partial charge on any atom is -0.478 e. The quantitative estimate of drug-likeness (QED) is 0.537. The first-order valence-corrected chi connectivity index (χ1v) is 3.40. The number of carbonyl (C=O) groups is 1. The number of nitrogens with one attached hydrogen (secondary N) is 2. The number of hydrogen-bond donors (Lipinski definition) is 3. The summed E-state index contributed by atoms with van der Waals surface area (Å²) in [6.45, 7) is 1.89. The molecule has 0 unspecified atom stereocenters. The van der Waals surface area contributed by atoms with Gasteiger partial charge in [0, 0.05) is 11.9 Å². The molecule has 0 radical (unpaired) electrons. The molecule has 0 saturated heterocycles. The summed E-state index contributed by atoms with van der Waals surface area (Å²) in [5, 5.41) is 8.66. The highest BCUT2D eigenvalue weighted by atomic mass is 16.4. The Morgan fingerprint density at radius 2 is 2.45 bits per heavy atom. The average molecular weight is 154 g/mol. The molecule has 0 spiro atoms. The lowest BCUT2D eigenvalue weighted by atomic mass is 10.1. The van der Waals surface area contributed by atoms with Crippen LogP contribution in [0, 0.1) is 0 Å². The second-order valence-corrected chi connectivity index (χ2v) is 2.15. The predicted molar refractivity (Wildman–Crippen MR) is 40.4 cm³/mol. The molecule has 0 bridgehead atoms. The molecule has 60 valence electrons. The summed E-state index contributed by atoms with van der Waals surface area (Å²) in [4.78, 5) is 10.5. The maximum absolute atomic E-state index is 10.5. The van der Waals surface area contributed by atoms with E-state index in [2.05, 4.69) is 10.9 Å². The van der Waals surface area contributed by atoms with E-state index in [-0.39, 0.29) is 0 Å². The molecule has 0 aromatic carbocycles. The molecule has 1 aliphatic heterocycles. The number of aliphatic carboxylic acids is 1. The molecule has 0 atom stereocenters. The fourth-order valence-corrected chi connectivity index (χ4v) is 0.901. The van der Waals surface area contributed by atoms with Gasteiger partial charge in [-0.15, -0.1) is 0 Å². The predicted octanol–water partition coefficient (Wildman–Crippen LogP) is 0.357. The van der Waals surface area contributed by atoms with Crippen LogP contribution in [0.1, 0.15) is 13.3 Å². The third-order valence-corrected chi connectivity index (χ3v) is 1.47. The molecule has 0 aliphatic carbocycles. The summed E-state index contributed by atoms with van der Waals surface area (Å²) < 4.78 is 0. The van der Waals surface area contributed by atoms with Crippen LogP contribution in [0.2, 0.25) is 0 Å². The van der Waals surface area contributed by atoms with E-state index < -0.39 is 5.97 Å². The van der Waals surface area contributed by atoms with Gasteiger partial charge in [-0.25, -0.2) is 4.79 Å². The highest BCUT2D eigenvalue weighted by molar-refractivity contribution is 5.90. The van der Waals surface area contributed by atoms with Gasteiger partial charge in [0.15, 0.2) is 0 Å². The molecular formula is C7H10N2O2. The average Bonchev–Trinajstić information content (AvgIpc) is 2.04. The second-order valence-electron chi connectivity index (χ2n) is 2.15. The summed E-state index contributed by atoms with van der Waals surface area (Å²) in [6.07, 6.45) is 3.78. The normalized spacial score (nSPS) is 15.7. The summed E-state index contributed by atoms with van der Waals surface area (Å²) in [6, 6.07) is 0. The summed E-state index contributed by atoms with van der Waals surface area (Å²) >= 11 is 0. The van der Waals surface area contributed by atoms with Crippen molar-refractivity contribution < 1.29 is 9.90 Å². The molecule has 0 aromatic heterocycles. The first-order chi connectivity index (χ1) is 5.25. The van der Waals surface area contributed by atoms with Crippen LogP contribution in [-0.2, 0) is 4.79 Å². The lowest BCUT2D eigenvalue weighted by Crippen LogP contribution is -2.31. The van der Waals surface area contributed by atoms with E-state index in [9.17, 15) is 4.79 Å². The Morgan fingerprint density at radius 1 is 1.73 bits per heavy atom. The summed E-state index contributed by atoms with van der Waals surface area (Å²) in [5.74, 6) is -0.896. The van der Waals surface area contributed by atoms with Gasteiger partial charge in [-0.3, -0.25) is 0 Å². The SMILES string of the molecule is CCC1=C(C(=O)O)C=CNN1. The Morgan fingerprint density at radius 3 is 2.91 bits per heavy atom. The zero-order chi connectivity index (χ0) is 8.27. The van der Waals surface area contributed by atoms with Crippen LogP contribution in [0.5, 0.6) is 0 Å². The lowest BCUT2D eigenvalue weighted by molar-refractivity contribution is -0.132. The smallest absolute Gasteiger partial charge is 0.337 e. The molecule has 1 rings (SSSR count). The Hall–Kier alpha value is -1.45. The Bertz CT molecular complexity index is 231. The van der Waals surface area contributed by atoms with Gasteiger partial charge in [-0.2, -0.15) is 0 Å². The number of hydrogen-bond acceptors (Lipinski definition) is 3. The summed E-state index contributed by atoms with van der Waals surface area (Å²) in [5.41, 5.74) is 6.51. The van der Waals surface area contributed by atoms with Crippen LogP contribution < -0.4 is 10.9 Å². The molecule has 4 nitrogen and oxygen atoms in total. The van der Waals surface area contributed by atoms with Crippen molar-refractivity contribution in [1.29, 1.82) is 0 Å². The lowest BCUT2D eigenvalue weighted by Gasteiger charge is -2.14. The van der Waals surface area contributed by atoms with Crippen molar-refractivity contribution in [3.05, 3.63) is 23.5 Å². The number of allylic oxidation sites excluding steroid dienone is 1. The van der Waals surface area contributed by atoms with E-state index in [0.29, 0.717) is 17.7 Å². The highest BCUT2D eigenvalue weighted by Gasteiger charge is 2.11. The number of hydrazine groups is 1. The standard InChI is InChI=1S/C7H10N2O2/c1-2-6-5(7(10)11)3-4-8-9-6/h3-4,8-9H,2H2,1H3,(H,10,11). The molecule has 0 aromatic rings. The third-order valence-electron chi connectivity index (χ3n) is 1.47. The number of carboxylic acids is 1. The molecule has 0 amide bonds. The molecule has 3 N–H and O–H groups in total. The van der Waals surface area contributed by atoms with Gasteiger partial charge in [0.25, 0.3) is 0 Å². The Balaban J connectivity index is 2.92. The first-order valence-electron chi connectivity index (χ1n) is 3.40. The third kappa shape index (κ3) is 1.52. The molecule has 0 saturated carbocycles. The minimum atomic E-state index is -0.896. The van der Waals surface area contributed by atoms with Crippen molar-refractivity contribution in [1.82, 2.24) is 10.9 Å². The van der Waals surface area contributed by atoms with Crippen molar-refractivity contribution in [2.24, 2.45) is 0 Å². The fourth-order valence-electron chi connectivity index (χ4n) is 0.901. The van der Waals surface area contributed by atoms with Crippen molar-refractivity contribution in [2.75, 3.05) is 0 Å². The van der Waals surface area contributed by atoms with Gasteiger partial charge in [0.2, 0.25) is 0 Å².